The van der Waals surface area contributed by atoms with Crippen molar-refractivity contribution in [3.63, 3.8) is 0 Å². The Morgan fingerprint density at radius 2 is 1.78 bits per heavy atom. The fourth-order valence-corrected chi connectivity index (χ4v) is 2.88. The molecule has 2 heterocycles. The summed E-state index contributed by atoms with van der Waals surface area (Å²) in [5.74, 6) is 0.613. The maximum atomic E-state index is 5.68. The van der Waals surface area contributed by atoms with Crippen molar-refractivity contribution in [2.45, 2.75) is 20.4 Å². The average molecular weight is 372 g/mol. The second-order valence-corrected chi connectivity index (χ2v) is 5.65. The molecule has 0 bridgehead atoms. The summed E-state index contributed by atoms with van der Waals surface area (Å²) < 4.78 is 1.77. The van der Waals surface area contributed by atoms with Crippen LogP contribution in [0.5, 0.6) is 0 Å². The van der Waals surface area contributed by atoms with Gasteiger partial charge in [0.25, 0.3) is 0 Å². The Balaban J connectivity index is 2.58. The van der Waals surface area contributed by atoms with Crippen LogP contribution in [0.4, 0.5) is 0 Å². The lowest BCUT2D eigenvalue weighted by Gasteiger charge is -2.09. The van der Waals surface area contributed by atoms with Gasteiger partial charge in [-0.05, 0) is 51.8 Å². The zero-order chi connectivity index (χ0) is 13.3. The van der Waals surface area contributed by atoms with Crippen LogP contribution in [0.25, 0.3) is 11.5 Å². The van der Waals surface area contributed by atoms with E-state index in [0.29, 0.717) is 12.4 Å². The molecule has 0 radical (unpaired) electrons. The van der Waals surface area contributed by atoms with Crippen molar-refractivity contribution in [3.8, 4) is 11.5 Å². The molecule has 0 saturated carbocycles. The molecule has 0 saturated heterocycles. The Bertz CT molecular complexity index is 576. The van der Waals surface area contributed by atoms with Crippen LogP contribution in [0.3, 0.4) is 0 Å². The highest BCUT2D eigenvalue weighted by molar-refractivity contribution is 9.11. The minimum absolute atomic E-state index is 0.451. The van der Waals surface area contributed by atoms with Crippen LogP contribution in [0.1, 0.15) is 17.0 Å². The molecule has 0 amide bonds. The lowest BCUT2D eigenvalue weighted by molar-refractivity contribution is 0.934. The molecule has 0 fully saturated rings. The first-order valence-electron chi connectivity index (χ1n) is 5.38. The number of hydrogen-bond donors (Lipinski definition) is 1. The van der Waals surface area contributed by atoms with E-state index in [0.717, 1.165) is 31.6 Å². The van der Waals surface area contributed by atoms with Gasteiger partial charge in [0.2, 0.25) is 0 Å². The quantitative estimate of drug-likeness (QED) is 0.880. The normalized spacial score (nSPS) is 10.7. The molecule has 2 rings (SSSR count). The first-order chi connectivity index (χ1) is 8.52. The molecule has 2 aromatic rings. The molecule has 18 heavy (non-hydrogen) atoms. The van der Waals surface area contributed by atoms with Gasteiger partial charge in [-0.25, -0.2) is 9.97 Å². The summed E-state index contributed by atoms with van der Waals surface area (Å²) in [6.45, 7) is 4.33. The van der Waals surface area contributed by atoms with Crippen LogP contribution in [0.15, 0.2) is 21.2 Å². The minimum atomic E-state index is 0.451. The third-order valence-corrected chi connectivity index (χ3v) is 3.68. The maximum Gasteiger partial charge on any atom is 0.179 e. The third-order valence-electron chi connectivity index (χ3n) is 2.64. The fourth-order valence-electron chi connectivity index (χ4n) is 1.72. The van der Waals surface area contributed by atoms with Crippen LogP contribution >= 0.6 is 31.9 Å². The Morgan fingerprint density at radius 1 is 1.17 bits per heavy atom. The van der Waals surface area contributed by atoms with E-state index in [4.69, 9.17) is 5.73 Å². The highest BCUT2D eigenvalue weighted by Gasteiger charge is 2.12. The van der Waals surface area contributed by atoms with E-state index in [1.807, 2.05) is 19.9 Å². The molecule has 0 aliphatic heterocycles. The first kappa shape index (κ1) is 13.6. The summed E-state index contributed by atoms with van der Waals surface area (Å²) in [7, 11) is 0. The Morgan fingerprint density at radius 3 is 2.28 bits per heavy atom. The third kappa shape index (κ3) is 2.60. The molecule has 2 aromatic heterocycles. The van der Waals surface area contributed by atoms with E-state index in [1.165, 1.54) is 0 Å². The van der Waals surface area contributed by atoms with Gasteiger partial charge in [-0.1, -0.05) is 0 Å². The van der Waals surface area contributed by atoms with Crippen LogP contribution in [0.2, 0.25) is 0 Å². The van der Waals surface area contributed by atoms with Crippen molar-refractivity contribution in [3.05, 3.63) is 38.2 Å². The van der Waals surface area contributed by atoms with E-state index in [2.05, 4.69) is 46.8 Å². The molecule has 2 N–H and O–H groups in total. The number of nitrogens with two attached hydrogens (primary N) is 1. The highest BCUT2D eigenvalue weighted by Crippen LogP contribution is 2.27. The number of rotatable bonds is 2. The van der Waals surface area contributed by atoms with Crippen LogP contribution in [-0.4, -0.2) is 15.0 Å². The summed E-state index contributed by atoms with van der Waals surface area (Å²) in [4.78, 5) is 13.3. The Hall–Kier alpha value is -0.850. The lowest BCUT2D eigenvalue weighted by Crippen LogP contribution is -2.07. The number of pyridine rings is 1. The molecule has 0 spiro atoms. The first-order valence-corrected chi connectivity index (χ1v) is 6.97. The lowest BCUT2D eigenvalue weighted by atomic mass is 10.1. The predicted molar refractivity (Wildman–Crippen MR) is 78.0 cm³/mol. The number of aromatic nitrogens is 3. The molecular formula is C12H12Br2N4. The molecular weight excluding hydrogens is 360 g/mol. The summed E-state index contributed by atoms with van der Waals surface area (Å²) in [6.07, 6.45) is 1.73. The summed E-state index contributed by atoms with van der Waals surface area (Å²) in [6, 6.07) is 1.92. The second-order valence-electron chi connectivity index (χ2n) is 3.88. The van der Waals surface area contributed by atoms with Gasteiger partial charge in [-0.3, -0.25) is 4.98 Å². The van der Waals surface area contributed by atoms with Crippen LogP contribution < -0.4 is 5.73 Å². The highest BCUT2D eigenvalue weighted by atomic mass is 79.9. The Kier molecular flexibility index (Phi) is 4.09. The molecule has 0 aromatic carbocycles. The average Bonchev–Trinajstić information content (AvgIpc) is 2.28. The van der Waals surface area contributed by atoms with E-state index in [9.17, 15) is 0 Å². The van der Waals surface area contributed by atoms with Gasteiger partial charge >= 0.3 is 0 Å². The molecule has 0 atom stereocenters. The summed E-state index contributed by atoms with van der Waals surface area (Å²) in [5, 5.41) is 0. The van der Waals surface area contributed by atoms with E-state index in [1.54, 1.807) is 6.20 Å². The SMILES string of the molecule is Cc1nc(-c2ncc(Br)cc2Br)nc(C)c1CN. The van der Waals surface area contributed by atoms with Crippen molar-refractivity contribution in [2.24, 2.45) is 5.73 Å². The van der Waals surface area contributed by atoms with Crippen molar-refractivity contribution < 1.29 is 0 Å². The topological polar surface area (TPSA) is 64.7 Å². The minimum Gasteiger partial charge on any atom is -0.326 e. The summed E-state index contributed by atoms with van der Waals surface area (Å²) >= 11 is 6.84. The van der Waals surface area contributed by atoms with Gasteiger partial charge < -0.3 is 5.73 Å². The number of halogens is 2. The van der Waals surface area contributed by atoms with Gasteiger partial charge in [0.1, 0.15) is 5.69 Å². The zero-order valence-corrected chi connectivity index (χ0v) is 13.2. The molecule has 6 heteroatoms. The van der Waals surface area contributed by atoms with Gasteiger partial charge in [0.15, 0.2) is 5.82 Å². The molecule has 0 unspecified atom stereocenters. The number of nitrogens with zero attached hydrogens (tertiary/aromatic N) is 3. The maximum absolute atomic E-state index is 5.68. The van der Waals surface area contributed by atoms with Crippen molar-refractivity contribution in [1.29, 1.82) is 0 Å². The van der Waals surface area contributed by atoms with Crippen molar-refractivity contribution >= 4 is 31.9 Å². The van der Waals surface area contributed by atoms with Crippen LogP contribution in [-0.2, 0) is 6.54 Å². The monoisotopic (exact) mass is 370 g/mol. The zero-order valence-electron chi connectivity index (χ0n) is 10.0. The summed E-state index contributed by atoms with van der Waals surface area (Å²) in [5.41, 5.74) is 9.20. The predicted octanol–water partition coefficient (Wildman–Crippen LogP) is 3.14. The van der Waals surface area contributed by atoms with E-state index >= 15 is 0 Å². The fraction of sp³-hybridized carbons (Fsp3) is 0.250. The largest absolute Gasteiger partial charge is 0.326 e. The van der Waals surface area contributed by atoms with Gasteiger partial charge in [-0.15, -0.1) is 0 Å². The van der Waals surface area contributed by atoms with Gasteiger partial charge in [-0.2, -0.15) is 0 Å². The van der Waals surface area contributed by atoms with E-state index in [-0.39, 0.29) is 0 Å². The second kappa shape index (κ2) is 5.42. The smallest absolute Gasteiger partial charge is 0.179 e. The molecule has 0 aliphatic rings. The Labute approximate surface area is 122 Å². The molecule has 94 valence electrons. The standard InChI is InChI=1S/C12H12Br2N4/c1-6-9(4-15)7(2)18-12(17-6)11-10(14)3-8(13)5-16-11/h3,5H,4,15H2,1-2H3. The number of hydrogen-bond acceptors (Lipinski definition) is 4. The molecule has 4 nitrogen and oxygen atoms in total. The number of aryl methyl sites for hydroxylation is 2. The van der Waals surface area contributed by atoms with Crippen molar-refractivity contribution in [2.75, 3.05) is 0 Å². The van der Waals surface area contributed by atoms with Gasteiger partial charge in [0, 0.05) is 38.6 Å². The van der Waals surface area contributed by atoms with Gasteiger partial charge in [0.05, 0.1) is 0 Å². The van der Waals surface area contributed by atoms with Crippen molar-refractivity contribution in [1.82, 2.24) is 15.0 Å². The molecule has 0 aliphatic carbocycles. The van der Waals surface area contributed by atoms with E-state index < -0.39 is 0 Å². The van der Waals surface area contributed by atoms with Crippen LogP contribution in [0, 0.1) is 13.8 Å².